The van der Waals surface area contributed by atoms with E-state index >= 15 is 0 Å². The molecule has 1 unspecified atom stereocenters. The van der Waals surface area contributed by atoms with Crippen molar-refractivity contribution in [2.75, 3.05) is 6.54 Å². The second-order valence-corrected chi connectivity index (χ2v) is 5.43. The van der Waals surface area contributed by atoms with Crippen molar-refractivity contribution in [2.24, 2.45) is 11.7 Å². The van der Waals surface area contributed by atoms with Gasteiger partial charge >= 0.3 is 0 Å². The highest BCUT2D eigenvalue weighted by Crippen LogP contribution is 2.18. The molecular weight excluding hydrogens is 228 g/mol. The maximum Gasteiger partial charge on any atom is 0.255 e. The van der Waals surface area contributed by atoms with Gasteiger partial charge in [0, 0.05) is 18.5 Å². The predicted molar refractivity (Wildman–Crippen MR) is 72.5 cm³/mol. The number of carbonyl (C=O) groups excluding carboxylic acids is 1. The van der Waals surface area contributed by atoms with E-state index in [2.05, 4.69) is 19.2 Å². The van der Waals surface area contributed by atoms with Gasteiger partial charge < -0.3 is 15.5 Å². The molecule has 0 spiro atoms. The first-order chi connectivity index (χ1) is 8.41. The Kier molecular flexibility index (Phi) is 4.96. The number of hydrogen-bond acceptors (Lipinski definition) is 3. The first kappa shape index (κ1) is 14.8. The van der Waals surface area contributed by atoms with Gasteiger partial charge in [-0.25, -0.2) is 0 Å². The van der Waals surface area contributed by atoms with Crippen LogP contribution in [0, 0.1) is 5.92 Å². The average Bonchev–Trinajstić information content (AvgIpc) is 2.75. The number of rotatable bonds is 6. The Bertz CT molecular complexity index is 398. The van der Waals surface area contributed by atoms with Gasteiger partial charge in [-0.3, -0.25) is 4.79 Å². The summed E-state index contributed by atoms with van der Waals surface area (Å²) in [5.41, 5.74) is 6.03. The third-order valence-corrected chi connectivity index (χ3v) is 3.04. The lowest BCUT2D eigenvalue weighted by atomic mass is 9.90. The van der Waals surface area contributed by atoms with Crippen LogP contribution in [0.2, 0.25) is 0 Å². The fraction of sp³-hybridized carbons (Fsp3) is 0.643. The number of nitrogens with two attached hydrogens (primary N) is 1. The van der Waals surface area contributed by atoms with Gasteiger partial charge in [0.15, 0.2) is 0 Å². The van der Waals surface area contributed by atoms with Crippen LogP contribution < -0.4 is 11.1 Å². The first-order valence-electron chi connectivity index (χ1n) is 6.50. The zero-order chi connectivity index (χ0) is 13.8. The smallest absolute Gasteiger partial charge is 0.255 e. The van der Waals surface area contributed by atoms with Crippen molar-refractivity contribution < 1.29 is 9.21 Å². The Balaban J connectivity index is 2.79. The largest absolute Gasteiger partial charge is 0.469 e. The topological polar surface area (TPSA) is 68.3 Å². The van der Waals surface area contributed by atoms with Crippen LogP contribution in [0.4, 0.5) is 0 Å². The molecule has 1 aromatic heterocycles. The molecule has 0 radical (unpaired) electrons. The number of carbonyl (C=O) groups is 1. The van der Waals surface area contributed by atoms with E-state index in [1.807, 2.05) is 13.8 Å². The van der Waals surface area contributed by atoms with E-state index in [1.54, 1.807) is 12.3 Å². The van der Waals surface area contributed by atoms with Crippen LogP contribution in [0.25, 0.3) is 0 Å². The number of nitrogens with one attached hydrogen (secondary N) is 1. The molecule has 1 rings (SSSR count). The normalized spacial score (nSPS) is 14.6. The SMILES string of the molecule is CCc1occc1C(=O)NC(C)(CN)CC(C)C. The highest BCUT2D eigenvalue weighted by atomic mass is 16.3. The lowest BCUT2D eigenvalue weighted by Gasteiger charge is -2.31. The van der Waals surface area contributed by atoms with Crippen molar-refractivity contribution in [3.63, 3.8) is 0 Å². The van der Waals surface area contributed by atoms with Crippen molar-refractivity contribution in [1.82, 2.24) is 5.32 Å². The number of aryl methyl sites for hydroxylation is 1. The van der Waals surface area contributed by atoms with Gasteiger partial charge in [0.2, 0.25) is 0 Å². The van der Waals surface area contributed by atoms with Crippen molar-refractivity contribution in [3.05, 3.63) is 23.7 Å². The van der Waals surface area contributed by atoms with Gasteiger partial charge in [0.25, 0.3) is 5.91 Å². The first-order valence-corrected chi connectivity index (χ1v) is 6.50. The molecule has 4 nitrogen and oxygen atoms in total. The highest BCUT2D eigenvalue weighted by Gasteiger charge is 2.27. The molecule has 0 bridgehead atoms. The fourth-order valence-corrected chi connectivity index (χ4v) is 2.24. The standard InChI is InChI=1S/C14H24N2O2/c1-5-12-11(6-7-18-12)13(17)16-14(4,9-15)8-10(2)3/h6-7,10H,5,8-9,15H2,1-4H3,(H,16,17). The molecule has 0 aliphatic rings. The van der Waals surface area contributed by atoms with Crippen LogP contribution in [0.15, 0.2) is 16.7 Å². The molecule has 0 aliphatic heterocycles. The summed E-state index contributed by atoms with van der Waals surface area (Å²) in [6, 6.07) is 1.71. The van der Waals surface area contributed by atoms with Crippen LogP contribution >= 0.6 is 0 Å². The molecule has 1 atom stereocenters. The molecule has 1 heterocycles. The molecule has 0 saturated heterocycles. The Morgan fingerprint density at radius 1 is 1.56 bits per heavy atom. The summed E-state index contributed by atoms with van der Waals surface area (Å²) in [6.45, 7) is 8.61. The zero-order valence-corrected chi connectivity index (χ0v) is 11.7. The average molecular weight is 252 g/mol. The third-order valence-electron chi connectivity index (χ3n) is 3.04. The Labute approximate surface area is 109 Å². The van der Waals surface area contributed by atoms with Crippen LogP contribution in [0.1, 0.15) is 50.2 Å². The molecule has 1 aromatic rings. The van der Waals surface area contributed by atoms with Gasteiger partial charge in [0.1, 0.15) is 5.76 Å². The van der Waals surface area contributed by atoms with Gasteiger partial charge in [-0.1, -0.05) is 20.8 Å². The monoisotopic (exact) mass is 252 g/mol. The molecule has 0 aliphatic carbocycles. The molecule has 0 saturated carbocycles. The van der Waals surface area contributed by atoms with Gasteiger partial charge in [-0.15, -0.1) is 0 Å². The van der Waals surface area contributed by atoms with E-state index in [1.165, 1.54) is 0 Å². The van der Waals surface area contributed by atoms with E-state index in [0.29, 0.717) is 24.4 Å². The summed E-state index contributed by atoms with van der Waals surface area (Å²) < 4.78 is 5.27. The molecule has 1 amide bonds. The zero-order valence-electron chi connectivity index (χ0n) is 11.7. The van der Waals surface area contributed by atoms with E-state index in [-0.39, 0.29) is 11.4 Å². The van der Waals surface area contributed by atoms with Crippen LogP contribution in [0.5, 0.6) is 0 Å². The fourth-order valence-electron chi connectivity index (χ4n) is 2.24. The lowest BCUT2D eigenvalue weighted by Crippen LogP contribution is -2.52. The van der Waals surface area contributed by atoms with Crippen LogP contribution in [0.3, 0.4) is 0 Å². The maximum absolute atomic E-state index is 12.2. The molecule has 3 N–H and O–H groups in total. The van der Waals surface area contributed by atoms with Crippen molar-refractivity contribution in [1.29, 1.82) is 0 Å². The number of hydrogen-bond donors (Lipinski definition) is 2. The van der Waals surface area contributed by atoms with Crippen molar-refractivity contribution in [2.45, 2.75) is 46.1 Å². The Morgan fingerprint density at radius 2 is 2.22 bits per heavy atom. The molecule has 102 valence electrons. The quantitative estimate of drug-likeness (QED) is 0.816. The predicted octanol–water partition coefficient (Wildman–Crippen LogP) is 2.34. The lowest BCUT2D eigenvalue weighted by molar-refractivity contribution is 0.0896. The summed E-state index contributed by atoms with van der Waals surface area (Å²) in [4.78, 5) is 12.2. The molecule has 0 fully saturated rings. The molecule has 0 aromatic carbocycles. The van der Waals surface area contributed by atoms with Gasteiger partial charge in [0.05, 0.1) is 11.8 Å². The molecule has 4 heteroatoms. The summed E-state index contributed by atoms with van der Waals surface area (Å²) in [7, 11) is 0. The van der Waals surface area contributed by atoms with Gasteiger partial charge in [-0.05, 0) is 25.3 Å². The summed E-state index contributed by atoms with van der Waals surface area (Å²) in [5.74, 6) is 1.10. The number of furan rings is 1. The Hall–Kier alpha value is -1.29. The van der Waals surface area contributed by atoms with Crippen LogP contribution in [-0.2, 0) is 6.42 Å². The second kappa shape index (κ2) is 6.05. The number of amides is 1. The minimum Gasteiger partial charge on any atom is -0.469 e. The molecule has 18 heavy (non-hydrogen) atoms. The minimum absolute atomic E-state index is 0.103. The van der Waals surface area contributed by atoms with Gasteiger partial charge in [-0.2, -0.15) is 0 Å². The highest BCUT2D eigenvalue weighted by molar-refractivity contribution is 5.95. The second-order valence-electron chi connectivity index (χ2n) is 5.43. The van der Waals surface area contributed by atoms with Crippen molar-refractivity contribution in [3.8, 4) is 0 Å². The summed E-state index contributed by atoms with van der Waals surface area (Å²) in [5, 5.41) is 3.03. The van der Waals surface area contributed by atoms with E-state index in [0.717, 1.165) is 12.2 Å². The van der Waals surface area contributed by atoms with E-state index in [4.69, 9.17) is 10.2 Å². The Morgan fingerprint density at radius 3 is 2.72 bits per heavy atom. The van der Waals surface area contributed by atoms with Crippen LogP contribution in [-0.4, -0.2) is 18.0 Å². The van der Waals surface area contributed by atoms with E-state index < -0.39 is 0 Å². The summed E-state index contributed by atoms with van der Waals surface area (Å²) >= 11 is 0. The summed E-state index contributed by atoms with van der Waals surface area (Å²) in [6.07, 6.45) is 3.11. The molecular formula is C14H24N2O2. The van der Waals surface area contributed by atoms with Crippen molar-refractivity contribution >= 4 is 5.91 Å². The maximum atomic E-state index is 12.2. The minimum atomic E-state index is -0.368. The van der Waals surface area contributed by atoms with E-state index in [9.17, 15) is 4.79 Å². The third kappa shape index (κ3) is 3.60.